The molecule has 0 aliphatic rings. The molecule has 0 atom stereocenters. The number of hydrogen-bond donors (Lipinski definition) is 1. The van der Waals surface area contributed by atoms with Gasteiger partial charge in [0.2, 0.25) is 5.82 Å². The van der Waals surface area contributed by atoms with Crippen LogP contribution in [-0.2, 0) is 13.2 Å². The highest BCUT2D eigenvalue weighted by Crippen LogP contribution is 2.22. The van der Waals surface area contributed by atoms with E-state index in [-0.39, 0.29) is 18.3 Å². The molecule has 2 heterocycles. The second-order valence-electron chi connectivity index (χ2n) is 6.52. The van der Waals surface area contributed by atoms with Crippen LogP contribution in [-0.4, -0.2) is 16.0 Å². The molecular weight excluding hydrogens is 410 g/mol. The zero-order chi connectivity index (χ0) is 21.1. The Kier molecular flexibility index (Phi) is 5.49. The van der Waals surface area contributed by atoms with Gasteiger partial charge in [-0.15, -0.1) is 0 Å². The zero-order valence-electron chi connectivity index (χ0n) is 15.8. The van der Waals surface area contributed by atoms with Crippen molar-refractivity contribution in [1.82, 2.24) is 15.5 Å². The van der Waals surface area contributed by atoms with Gasteiger partial charge in [-0.25, -0.2) is 4.79 Å². The van der Waals surface area contributed by atoms with Gasteiger partial charge in [-0.05, 0) is 42.3 Å². The first-order valence-corrected chi connectivity index (χ1v) is 9.38. The van der Waals surface area contributed by atoms with E-state index in [0.29, 0.717) is 22.9 Å². The van der Waals surface area contributed by atoms with Crippen LogP contribution in [0.15, 0.2) is 62.3 Å². The van der Waals surface area contributed by atoms with Crippen LogP contribution in [0.5, 0.6) is 5.75 Å². The molecule has 4 rings (SSSR count). The lowest BCUT2D eigenvalue weighted by atomic mass is 10.1. The summed E-state index contributed by atoms with van der Waals surface area (Å²) < 4.78 is 15.8. The zero-order valence-corrected chi connectivity index (χ0v) is 16.6. The Bertz CT molecular complexity index is 1260. The van der Waals surface area contributed by atoms with Crippen LogP contribution in [0.3, 0.4) is 0 Å². The van der Waals surface area contributed by atoms with Crippen molar-refractivity contribution >= 4 is 28.5 Å². The van der Waals surface area contributed by atoms with Crippen molar-refractivity contribution in [1.29, 1.82) is 0 Å². The summed E-state index contributed by atoms with van der Waals surface area (Å²) in [5, 5.41) is 7.88. The van der Waals surface area contributed by atoms with E-state index in [2.05, 4.69) is 15.5 Å². The molecule has 0 unspecified atom stereocenters. The van der Waals surface area contributed by atoms with Gasteiger partial charge in [0.1, 0.15) is 11.3 Å². The molecule has 1 N–H and O–H groups in total. The quantitative estimate of drug-likeness (QED) is 0.470. The van der Waals surface area contributed by atoms with Crippen LogP contribution in [0.2, 0.25) is 5.02 Å². The number of halogens is 1. The van der Waals surface area contributed by atoms with Gasteiger partial charge in [0.25, 0.3) is 0 Å². The summed E-state index contributed by atoms with van der Waals surface area (Å²) in [4.78, 5) is 27.7. The fourth-order valence-corrected chi connectivity index (χ4v) is 2.93. The maximum Gasteiger partial charge on any atom is 0.336 e. The van der Waals surface area contributed by atoms with Crippen molar-refractivity contribution in [3.63, 3.8) is 0 Å². The molecule has 2 aromatic heterocycles. The van der Waals surface area contributed by atoms with E-state index in [1.165, 1.54) is 6.07 Å². The summed E-state index contributed by atoms with van der Waals surface area (Å²) in [6, 6.07) is 13.7. The third kappa shape index (κ3) is 4.49. The van der Waals surface area contributed by atoms with Crippen molar-refractivity contribution in [2.24, 2.45) is 0 Å². The van der Waals surface area contributed by atoms with Crippen LogP contribution < -0.4 is 15.7 Å². The average molecular weight is 426 g/mol. The lowest BCUT2D eigenvalue weighted by molar-refractivity contribution is 0.0907. The number of amides is 1. The number of ether oxygens (including phenoxy) is 1. The van der Waals surface area contributed by atoms with Gasteiger partial charge in [-0.3, -0.25) is 4.79 Å². The van der Waals surface area contributed by atoms with Gasteiger partial charge >= 0.3 is 17.4 Å². The average Bonchev–Trinajstić information content (AvgIpc) is 3.20. The summed E-state index contributed by atoms with van der Waals surface area (Å²) in [5.41, 5.74) is 1.70. The molecular formula is C21H16ClN3O5. The normalized spacial score (nSPS) is 10.9. The van der Waals surface area contributed by atoms with Crippen molar-refractivity contribution in [3.8, 4) is 5.75 Å². The molecule has 1 amide bonds. The smallest absolute Gasteiger partial charge is 0.336 e. The van der Waals surface area contributed by atoms with Gasteiger partial charge in [-0.1, -0.05) is 28.9 Å². The fraction of sp³-hybridized carbons (Fsp3) is 0.143. The lowest BCUT2D eigenvalue weighted by Gasteiger charge is -2.05. The highest BCUT2D eigenvalue weighted by molar-refractivity contribution is 6.30. The largest absolute Gasteiger partial charge is 0.485 e. The van der Waals surface area contributed by atoms with Crippen LogP contribution >= 0.6 is 11.6 Å². The number of benzene rings is 2. The van der Waals surface area contributed by atoms with E-state index in [1.807, 2.05) is 19.1 Å². The van der Waals surface area contributed by atoms with Gasteiger partial charge in [0.15, 0.2) is 6.61 Å². The first-order chi connectivity index (χ1) is 14.5. The Morgan fingerprint density at radius 3 is 2.77 bits per heavy atom. The predicted molar refractivity (Wildman–Crippen MR) is 108 cm³/mol. The Hall–Kier alpha value is -3.65. The third-order valence-corrected chi connectivity index (χ3v) is 4.57. The molecule has 30 heavy (non-hydrogen) atoms. The van der Waals surface area contributed by atoms with Crippen LogP contribution in [0.4, 0.5) is 0 Å². The number of carbonyl (C=O) groups excluding carboxylic acids is 1. The van der Waals surface area contributed by atoms with Gasteiger partial charge in [-0.2, -0.15) is 4.98 Å². The first-order valence-electron chi connectivity index (χ1n) is 9.00. The number of aromatic nitrogens is 2. The molecule has 0 saturated heterocycles. The number of fused-ring (bicyclic) bond motifs is 1. The first kappa shape index (κ1) is 19.7. The van der Waals surface area contributed by atoms with Crippen LogP contribution in [0.25, 0.3) is 11.0 Å². The topological polar surface area (TPSA) is 107 Å². The lowest BCUT2D eigenvalue weighted by Crippen LogP contribution is -2.23. The number of nitrogens with zero attached hydrogens (tertiary/aromatic N) is 2. The van der Waals surface area contributed by atoms with E-state index in [9.17, 15) is 9.59 Å². The SMILES string of the molecule is Cc1cc(=O)oc2cc(OCc3noc(C(=O)NCc4ccc(Cl)cc4)n3)ccc12. The van der Waals surface area contributed by atoms with E-state index in [1.54, 1.807) is 30.3 Å². The summed E-state index contributed by atoms with van der Waals surface area (Å²) in [6.07, 6.45) is 0. The minimum Gasteiger partial charge on any atom is -0.485 e. The second-order valence-corrected chi connectivity index (χ2v) is 6.96. The van der Waals surface area contributed by atoms with E-state index < -0.39 is 11.5 Å². The highest BCUT2D eigenvalue weighted by Gasteiger charge is 2.15. The molecule has 0 saturated carbocycles. The summed E-state index contributed by atoms with van der Waals surface area (Å²) in [5.74, 6) is 0.0153. The third-order valence-electron chi connectivity index (χ3n) is 4.32. The van der Waals surface area contributed by atoms with Crippen LogP contribution in [0.1, 0.15) is 27.6 Å². The second kappa shape index (κ2) is 8.38. The molecule has 0 spiro atoms. The summed E-state index contributed by atoms with van der Waals surface area (Å²) >= 11 is 5.84. The van der Waals surface area contributed by atoms with E-state index in [0.717, 1.165) is 16.5 Å². The molecule has 2 aromatic carbocycles. The molecule has 8 nitrogen and oxygen atoms in total. The van der Waals surface area contributed by atoms with E-state index in [4.69, 9.17) is 25.3 Å². The van der Waals surface area contributed by atoms with E-state index >= 15 is 0 Å². The predicted octanol–water partition coefficient (Wildman–Crippen LogP) is 3.65. The minimum atomic E-state index is -0.494. The molecule has 4 aromatic rings. The fourth-order valence-electron chi connectivity index (χ4n) is 2.81. The Labute approximate surface area is 175 Å². The van der Waals surface area contributed by atoms with Crippen LogP contribution in [0, 0.1) is 6.92 Å². The number of hydrogen-bond acceptors (Lipinski definition) is 7. The monoisotopic (exact) mass is 425 g/mol. The molecule has 152 valence electrons. The summed E-state index contributed by atoms with van der Waals surface area (Å²) in [7, 11) is 0. The molecule has 0 radical (unpaired) electrons. The molecule has 0 aliphatic heterocycles. The molecule has 0 aliphatic carbocycles. The van der Waals surface area contributed by atoms with Crippen molar-refractivity contribution < 1.29 is 18.5 Å². The standard InChI is InChI=1S/C21H16ClN3O5/c1-12-8-19(26)29-17-9-15(6-7-16(12)17)28-11-18-24-21(30-25-18)20(27)23-10-13-2-4-14(22)5-3-13/h2-9H,10-11H2,1H3,(H,23,27). The Morgan fingerprint density at radius 2 is 1.97 bits per heavy atom. The minimum absolute atomic E-state index is 0.0183. The highest BCUT2D eigenvalue weighted by atomic mass is 35.5. The maximum atomic E-state index is 12.2. The molecule has 9 heteroatoms. The van der Waals surface area contributed by atoms with Crippen molar-refractivity contribution in [2.45, 2.75) is 20.1 Å². The van der Waals surface area contributed by atoms with Crippen molar-refractivity contribution in [3.05, 3.63) is 86.8 Å². The Morgan fingerprint density at radius 1 is 1.17 bits per heavy atom. The number of aryl methyl sites for hydroxylation is 1. The van der Waals surface area contributed by atoms with Gasteiger partial charge in [0.05, 0.1) is 0 Å². The number of carbonyl (C=O) groups is 1. The number of nitrogens with one attached hydrogen (secondary N) is 1. The molecule has 0 fully saturated rings. The van der Waals surface area contributed by atoms with Gasteiger partial charge in [0, 0.05) is 29.1 Å². The molecule has 0 bridgehead atoms. The van der Waals surface area contributed by atoms with Gasteiger partial charge < -0.3 is 19.0 Å². The maximum absolute atomic E-state index is 12.2. The summed E-state index contributed by atoms with van der Waals surface area (Å²) in [6.45, 7) is 2.11. The Balaban J connectivity index is 1.37. The number of rotatable bonds is 6. The van der Waals surface area contributed by atoms with Crippen molar-refractivity contribution in [2.75, 3.05) is 0 Å².